The van der Waals surface area contributed by atoms with Crippen molar-refractivity contribution in [3.05, 3.63) is 29.3 Å². The zero-order valence-corrected chi connectivity index (χ0v) is 12.9. The number of hydrogen-bond donors (Lipinski definition) is 1. The van der Waals surface area contributed by atoms with E-state index < -0.39 is 10.0 Å². The number of nitriles is 1. The van der Waals surface area contributed by atoms with Gasteiger partial charge in [0, 0.05) is 13.1 Å². The van der Waals surface area contributed by atoms with E-state index in [-0.39, 0.29) is 23.2 Å². The van der Waals surface area contributed by atoms with Crippen molar-refractivity contribution in [2.45, 2.75) is 18.2 Å². The van der Waals surface area contributed by atoms with Crippen molar-refractivity contribution < 1.29 is 8.42 Å². The molecule has 7 heteroatoms. The molecule has 20 heavy (non-hydrogen) atoms. The molecule has 0 saturated carbocycles. The quantitative estimate of drug-likeness (QED) is 0.909. The number of sulfonamides is 1. The largest absolute Gasteiger partial charge is 0.330 e. The van der Waals surface area contributed by atoms with Gasteiger partial charge in [-0.05, 0) is 43.5 Å². The van der Waals surface area contributed by atoms with Crippen LogP contribution in [0.25, 0.3) is 0 Å². The normalized spacial score (nSPS) is 19.4. The Morgan fingerprint density at radius 3 is 2.75 bits per heavy atom. The summed E-state index contributed by atoms with van der Waals surface area (Å²) < 4.78 is 26.6. The maximum atomic E-state index is 12.6. The lowest BCUT2D eigenvalue weighted by molar-refractivity contribution is 0.458. The fourth-order valence-corrected chi connectivity index (χ4v) is 4.08. The number of rotatable bonds is 3. The standard InChI is InChI=1S/C13H17N3O2S.ClH/c1-10-2-3-11(7-14)6-13(10)19(17,18)16-5-4-12(8-15)9-16;/h2-3,6,12H,4-5,8-9,15H2,1H3;1H. The van der Waals surface area contributed by atoms with E-state index in [9.17, 15) is 8.42 Å². The minimum atomic E-state index is -3.52. The maximum absolute atomic E-state index is 12.6. The summed E-state index contributed by atoms with van der Waals surface area (Å²) in [5.41, 5.74) is 6.61. The Labute approximate surface area is 125 Å². The first-order chi connectivity index (χ1) is 8.98. The lowest BCUT2D eigenvalue weighted by atomic mass is 10.1. The summed E-state index contributed by atoms with van der Waals surface area (Å²) in [4.78, 5) is 0.226. The van der Waals surface area contributed by atoms with Gasteiger partial charge in [-0.1, -0.05) is 6.07 Å². The molecule has 5 nitrogen and oxygen atoms in total. The van der Waals surface area contributed by atoms with Crippen LogP contribution in [0.5, 0.6) is 0 Å². The van der Waals surface area contributed by atoms with E-state index in [1.54, 1.807) is 19.1 Å². The summed E-state index contributed by atoms with van der Waals surface area (Å²) in [6.45, 7) is 3.21. The predicted molar refractivity (Wildman–Crippen MR) is 79.1 cm³/mol. The fourth-order valence-electron chi connectivity index (χ4n) is 2.29. The molecule has 1 saturated heterocycles. The molecule has 1 aliphatic rings. The van der Waals surface area contributed by atoms with E-state index in [1.807, 2.05) is 6.07 Å². The van der Waals surface area contributed by atoms with Crippen molar-refractivity contribution in [1.29, 1.82) is 5.26 Å². The summed E-state index contributed by atoms with van der Waals surface area (Å²) in [6.07, 6.45) is 0.798. The number of halogens is 1. The highest BCUT2D eigenvalue weighted by molar-refractivity contribution is 7.89. The van der Waals surface area contributed by atoms with Gasteiger partial charge in [-0.3, -0.25) is 0 Å². The van der Waals surface area contributed by atoms with Gasteiger partial charge in [-0.25, -0.2) is 8.42 Å². The van der Waals surface area contributed by atoms with Crippen molar-refractivity contribution in [1.82, 2.24) is 4.31 Å². The van der Waals surface area contributed by atoms with E-state index >= 15 is 0 Å². The smallest absolute Gasteiger partial charge is 0.243 e. The third kappa shape index (κ3) is 3.13. The van der Waals surface area contributed by atoms with Gasteiger partial charge in [0.25, 0.3) is 0 Å². The van der Waals surface area contributed by atoms with Gasteiger partial charge in [0.2, 0.25) is 10.0 Å². The zero-order valence-electron chi connectivity index (χ0n) is 11.2. The van der Waals surface area contributed by atoms with Crippen molar-refractivity contribution in [2.24, 2.45) is 11.7 Å². The summed E-state index contributed by atoms with van der Waals surface area (Å²) in [5, 5.41) is 8.89. The Kier molecular flexibility index (Phi) is 5.54. The van der Waals surface area contributed by atoms with Crippen LogP contribution in [0.4, 0.5) is 0 Å². The maximum Gasteiger partial charge on any atom is 0.243 e. The Morgan fingerprint density at radius 2 is 2.20 bits per heavy atom. The molecule has 0 aliphatic carbocycles. The average molecular weight is 316 g/mol. The van der Waals surface area contributed by atoms with Gasteiger partial charge in [-0.2, -0.15) is 9.57 Å². The number of hydrogen-bond acceptors (Lipinski definition) is 4. The van der Waals surface area contributed by atoms with Gasteiger partial charge in [0.15, 0.2) is 0 Å². The molecule has 1 unspecified atom stereocenters. The topological polar surface area (TPSA) is 87.2 Å². The molecule has 0 radical (unpaired) electrons. The average Bonchev–Trinajstić information content (AvgIpc) is 2.88. The van der Waals surface area contributed by atoms with Crippen LogP contribution in [0.1, 0.15) is 17.5 Å². The number of aryl methyl sites for hydroxylation is 1. The first-order valence-electron chi connectivity index (χ1n) is 6.20. The van der Waals surface area contributed by atoms with E-state index in [0.29, 0.717) is 30.8 Å². The van der Waals surface area contributed by atoms with Crippen LogP contribution in [-0.2, 0) is 10.0 Å². The van der Waals surface area contributed by atoms with Crippen LogP contribution in [-0.4, -0.2) is 32.4 Å². The van der Waals surface area contributed by atoms with Crippen LogP contribution in [0.3, 0.4) is 0 Å². The summed E-state index contributed by atoms with van der Waals surface area (Å²) in [5.74, 6) is 0.231. The van der Waals surface area contributed by atoms with Crippen molar-refractivity contribution in [3.8, 4) is 6.07 Å². The monoisotopic (exact) mass is 315 g/mol. The first-order valence-corrected chi connectivity index (χ1v) is 7.64. The molecule has 1 atom stereocenters. The SMILES string of the molecule is Cc1ccc(C#N)cc1S(=O)(=O)N1CCC(CN)C1.Cl. The fraction of sp³-hybridized carbons (Fsp3) is 0.462. The number of benzene rings is 1. The number of nitrogens with two attached hydrogens (primary N) is 1. The zero-order chi connectivity index (χ0) is 14.0. The van der Waals surface area contributed by atoms with Crippen molar-refractivity contribution >= 4 is 22.4 Å². The summed E-state index contributed by atoms with van der Waals surface area (Å²) >= 11 is 0. The first kappa shape index (κ1) is 16.9. The Bertz CT molecular complexity index is 625. The molecule has 1 aromatic rings. The van der Waals surface area contributed by atoms with Gasteiger partial charge in [0.05, 0.1) is 16.5 Å². The van der Waals surface area contributed by atoms with Crippen molar-refractivity contribution in [2.75, 3.05) is 19.6 Å². The lowest BCUT2D eigenvalue weighted by Gasteiger charge is -2.18. The molecule has 1 fully saturated rings. The Balaban J connectivity index is 0.00000200. The minimum absolute atomic E-state index is 0. The van der Waals surface area contributed by atoms with Gasteiger partial charge in [0.1, 0.15) is 0 Å². The van der Waals surface area contributed by atoms with Crippen LogP contribution in [0.2, 0.25) is 0 Å². The molecule has 0 aromatic heterocycles. The Morgan fingerprint density at radius 1 is 1.50 bits per heavy atom. The molecule has 2 N–H and O–H groups in total. The predicted octanol–water partition coefficient (Wildman–Crippen LogP) is 1.26. The van der Waals surface area contributed by atoms with Gasteiger partial charge >= 0.3 is 0 Å². The van der Waals surface area contributed by atoms with Crippen LogP contribution in [0, 0.1) is 24.2 Å². The number of nitrogens with zero attached hydrogens (tertiary/aromatic N) is 2. The van der Waals surface area contributed by atoms with Crippen LogP contribution < -0.4 is 5.73 Å². The molecule has 2 rings (SSSR count). The lowest BCUT2D eigenvalue weighted by Crippen LogP contribution is -2.30. The van der Waals surface area contributed by atoms with Crippen LogP contribution in [0.15, 0.2) is 23.1 Å². The third-order valence-electron chi connectivity index (χ3n) is 3.52. The second kappa shape index (κ2) is 6.55. The highest BCUT2D eigenvalue weighted by Gasteiger charge is 2.32. The highest BCUT2D eigenvalue weighted by atomic mass is 35.5. The van der Waals surface area contributed by atoms with Crippen molar-refractivity contribution in [3.63, 3.8) is 0 Å². The third-order valence-corrected chi connectivity index (χ3v) is 5.52. The summed E-state index contributed by atoms with van der Waals surface area (Å²) in [7, 11) is -3.52. The molecular formula is C13H18ClN3O2S. The molecule has 1 heterocycles. The van der Waals surface area contributed by atoms with Gasteiger partial charge < -0.3 is 5.73 Å². The highest BCUT2D eigenvalue weighted by Crippen LogP contribution is 2.26. The summed E-state index contributed by atoms with van der Waals surface area (Å²) in [6, 6.07) is 6.71. The molecule has 1 aliphatic heterocycles. The second-order valence-corrected chi connectivity index (χ2v) is 6.75. The molecule has 0 bridgehead atoms. The van der Waals surface area contributed by atoms with Crippen LogP contribution >= 0.6 is 12.4 Å². The molecular weight excluding hydrogens is 298 g/mol. The van der Waals surface area contributed by atoms with E-state index in [0.717, 1.165) is 6.42 Å². The molecule has 0 amide bonds. The van der Waals surface area contributed by atoms with Gasteiger partial charge in [-0.15, -0.1) is 12.4 Å². The minimum Gasteiger partial charge on any atom is -0.330 e. The molecule has 1 aromatic carbocycles. The van der Waals surface area contributed by atoms with E-state index in [4.69, 9.17) is 11.0 Å². The van der Waals surface area contributed by atoms with E-state index in [2.05, 4.69) is 0 Å². The second-order valence-electron chi connectivity index (χ2n) is 4.85. The molecule has 110 valence electrons. The Hall–Kier alpha value is -1.13. The molecule has 0 spiro atoms. The van der Waals surface area contributed by atoms with E-state index in [1.165, 1.54) is 10.4 Å².